The van der Waals surface area contributed by atoms with Crippen molar-refractivity contribution in [3.8, 4) is 56.4 Å². The van der Waals surface area contributed by atoms with Gasteiger partial charge in [-0.05, 0) is 0 Å². The number of aromatic nitrogens is 3. The Kier molecular flexibility index (Phi) is 9.49. The molecule has 0 aliphatic rings. The van der Waals surface area contributed by atoms with Crippen molar-refractivity contribution in [2.24, 2.45) is 0 Å². The Balaban J connectivity index is 1.08. The summed E-state index contributed by atoms with van der Waals surface area (Å²) in [5, 5.41) is 7.46. The Morgan fingerprint density at radius 2 is 0.710 bits per heavy atom. The summed E-state index contributed by atoms with van der Waals surface area (Å²) in [4.78, 5) is 15.2. The van der Waals surface area contributed by atoms with Crippen LogP contribution in [0.5, 0.6) is 0 Å². The zero-order chi connectivity index (χ0) is 41.3. The average molecular weight is 811 g/mol. The third-order valence-corrected chi connectivity index (χ3v) is 17.8. The molecule has 0 aliphatic carbocycles. The fourth-order valence-electron chi connectivity index (χ4n) is 9.45. The Labute approximate surface area is 361 Å². The molecule has 0 bridgehead atoms. The van der Waals surface area contributed by atoms with Crippen molar-refractivity contribution in [3.63, 3.8) is 0 Å². The van der Waals surface area contributed by atoms with E-state index in [0.29, 0.717) is 17.5 Å². The van der Waals surface area contributed by atoms with Crippen LogP contribution in [0.3, 0.4) is 0 Å². The molecule has 5 heteroatoms. The number of fused-ring (bicyclic) bond motifs is 3. The molecule has 2 aromatic heterocycles. The van der Waals surface area contributed by atoms with E-state index in [1.165, 1.54) is 31.9 Å². The first-order valence-electron chi connectivity index (χ1n) is 21.1. The second-order valence-corrected chi connectivity index (χ2v) is 20.2. The van der Waals surface area contributed by atoms with E-state index < -0.39 is 8.07 Å². The normalized spacial score (nSPS) is 11.8. The van der Waals surface area contributed by atoms with E-state index in [0.717, 1.165) is 49.8 Å². The summed E-state index contributed by atoms with van der Waals surface area (Å²) in [6.07, 6.45) is 0. The minimum atomic E-state index is -3.17. The molecule has 0 amide bonds. The molecule has 11 aromatic rings. The summed E-state index contributed by atoms with van der Waals surface area (Å²) in [5.74, 6) is 1.84. The topological polar surface area (TPSA) is 51.8 Å². The zero-order valence-corrected chi connectivity index (χ0v) is 35.0. The fraction of sp³-hybridized carbons (Fsp3) is 0. The van der Waals surface area contributed by atoms with Gasteiger partial charge in [0.15, 0.2) is 11.6 Å². The van der Waals surface area contributed by atoms with Crippen molar-refractivity contribution < 1.29 is 4.42 Å². The van der Waals surface area contributed by atoms with Gasteiger partial charge in [-0.2, -0.15) is 0 Å². The molecule has 0 spiro atoms. The van der Waals surface area contributed by atoms with Crippen molar-refractivity contribution in [2.45, 2.75) is 0 Å². The van der Waals surface area contributed by atoms with Gasteiger partial charge in [0, 0.05) is 11.1 Å². The molecule has 0 radical (unpaired) electrons. The summed E-state index contributed by atoms with van der Waals surface area (Å²) < 4.78 is 6.56. The quantitative estimate of drug-likeness (QED) is 0.108. The smallest absolute Gasteiger partial charge is 0.0615 e. The summed E-state index contributed by atoms with van der Waals surface area (Å²) in [6, 6.07) is 84.3. The first-order chi connectivity index (χ1) is 30.7. The molecule has 0 fully saturated rings. The third kappa shape index (κ3) is 6.52. The Morgan fingerprint density at radius 3 is 1.26 bits per heavy atom. The second kappa shape index (κ2) is 15.9. The van der Waals surface area contributed by atoms with Gasteiger partial charge < -0.3 is 0 Å². The predicted octanol–water partition coefficient (Wildman–Crippen LogP) is 11.2. The molecule has 2 heterocycles. The molecule has 0 saturated heterocycles. The van der Waals surface area contributed by atoms with E-state index in [9.17, 15) is 0 Å². The van der Waals surface area contributed by atoms with Gasteiger partial charge in [-0.15, -0.1) is 0 Å². The van der Waals surface area contributed by atoms with E-state index in [-0.39, 0.29) is 0 Å². The van der Waals surface area contributed by atoms with Gasteiger partial charge in [0.2, 0.25) is 0 Å². The van der Waals surface area contributed by atoms with Crippen molar-refractivity contribution in [1.82, 2.24) is 15.0 Å². The van der Waals surface area contributed by atoms with Crippen molar-refractivity contribution in [2.75, 3.05) is 0 Å². The summed E-state index contributed by atoms with van der Waals surface area (Å²) in [6.45, 7) is 0. The maximum atomic E-state index is 6.56. The van der Waals surface area contributed by atoms with Gasteiger partial charge in [-0.25, -0.2) is 4.98 Å². The number of nitrogens with zero attached hydrogens (tertiary/aromatic N) is 3. The molecule has 62 heavy (non-hydrogen) atoms. The van der Waals surface area contributed by atoms with Crippen LogP contribution in [-0.2, 0) is 0 Å². The first-order valence-corrected chi connectivity index (χ1v) is 23.4. The Bertz CT molecular complexity index is 3180. The van der Waals surface area contributed by atoms with Gasteiger partial charge in [-0.3, -0.25) is 0 Å². The van der Waals surface area contributed by atoms with Gasteiger partial charge in [0.1, 0.15) is 0 Å². The van der Waals surface area contributed by atoms with Crippen LogP contribution in [0.4, 0.5) is 0 Å². The van der Waals surface area contributed by atoms with E-state index in [1.54, 1.807) is 0 Å². The van der Waals surface area contributed by atoms with Gasteiger partial charge in [0.25, 0.3) is 0 Å². The monoisotopic (exact) mass is 810 g/mol. The van der Waals surface area contributed by atoms with Crippen LogP contribution in [0.2, 0.25) is 0 Å². The number of furan rings is 1. The van der Waals surface area contributed by atoms with Crippen molar-refractivity contribution >= 4 is 50.8 Å². The van der Waals surface area contributed by atoms with E-state index in [2.05, 4.69) is 164 Å². The van der Waals surface area contributed by atoms with Crippen LogP contribution >= 0.6 is 0 Å². The van der Waals surface area contributed by atoms with Crippen LogP contribution < -0.4 is 20.7 Å². The Morgan fingerprint density at radius 1 is 0.290 bits per heavy atom. The molecule has 0 unspecified atom stereocenters. The summed E-state index contributed by atoms with van der Waals surface area (Å²) in [5.41, 5.74) is 8.92. The fourth-order valence-corrected chi connectivity index (χ4v) is 15.0. The second-order valence-electron chi connectivity index (χ2n) is 15.8. The minimum absolute atomic E-state index is 0.595. The molecule has 294 valence electrons. The standard InChI is InChI=1S/C57H40N3OSi/c1-6-20-40(21-7-1)55-58-56(41-22-8-2-9-23-41)60-57(59-55)50-34-19-35-53-54(50)51-39-43(36-37-52(51)61-53)49-33-17-16-32-48(49)42-24-18-31-47(38-42)62(44-25-10-3-11-26-44,45-27-12-4-13-28-45)46-29-14-5-15-30-46/h1-39,62H/q-1. The molecule has 0 atom stereocenters. The predicted molar refractivity (Wildman–Crippen MR) is 259 cm³/mol. The third-order valence-electron chi connectivity index (χ3n) is 12.3. The maximum absolute atomic E-state index is 6.56. The SMILES string of the molecule is c1ccc(-c2nc(-c3ccccc3)nc(-c3cccc4oc5ccc(-c6ccccc6-c6cccc([SiH-](c7ccccc7)(c7ccccc7)c7ccccc7)c6)cc5c34)n2)cc1. The Hall–Kier alpha value is -7.99. The molecule has 0 aliphatic heterocycles. The first kappa shape index (κ1) is 37.0. The summed E-state index contributed by atoms with van der Waals surface area (Å²) in [7, 11) is -3.17. The van der Waals surface area contributed by atoms with Gasteiger partial charge in [-0.1, -0.05) is 60.7 Å². The average Bonchev–Trinajstić information content (AvgIpc) is 3.74. The van der Waals surface area contributed by atoms with Crippen molar-refractivity contribution in [1.29, 1.82) is 0 Å². The van der Waals surface area contributed by atoms with Crippen LogP contribution in [-0.4, -0.2) is 23.0 Å². The van der Waals surface area contributed by atoms with E-state index in [1.807, 2.05) is 72.8 Å². The van der Waals surface area contributed by atoms with E-state index in [4.69, 9.17) is 19.4 Å². The van der Waals surface area contributed by atoms with Crippen LogP contribution in [0.25, 0.3) is 78.4 Å². The molecule has 0 saturated carbocycles. The van der Waals surface area contributed by atoms with Crippen LogP contribution in [0.15, 0.2) is 241 Å². The molecule has 9 aromatic carbocycles. The van der Waals surface area contributed by atoms with Gasteiger partial charge in [0.05, 0.1) is 0 Å². The van der Waals surface area contributed by atoms with Crippen molar-refractivity contribution in [3.05, 3.63) is 237 Å². The number of rotatable bonds is 9. The molecule has 11 rings (SSSR count). The molecular weight excluding hydrogens is 771 g/mol. The number of benzene rings is 9. The van der Waals surface area contributed by atoms with Crippen LogP contribution in [0.1, 0.15) is 0 Å². The van der Waals surface area contributed by atoms with Gasteiger partial charge >= 0.3 is 275 Å². The molecule has 0 N–H and O–H groups in total. The van der Waals surface area contributed by atoms with Crippen LogP contribution in [0, 0.1) is 0 Å². The minimum Gasteiger partial charge on any atom is -0.0615 e. The molecular formula is C57H40N3OSi-. The zero-order valence-electron chi connectivity index (χ0n) is 33.8. The number of hydrogen-bond acceptors (Lipinski definition) is 4. The molecule has 4 nitrogen and oxygen atoms in total. The summed E-state index contributed by atoms with van der Waals surface area (Å²) >= 11 is 0. The number of hydrogen-bond donors (Lipinski definition) is 0. The van der Waals surface area contributed by atoms with E-state index >= 15 is 0 Å².